The predicted molar refractivity (Wildman–Crippen MR) is 101 cm³/mol. The first-order valence-corrected chi connectivity index (χ1v) is 8.72. The van der Waals surface area contributed by atoms with Gasteiger partial charge in [-0.15, -0.1) is 12.4 Å². The topological polar surface area (TPSA) is 39.1 Å². The Kier molecular flexibility index (Phi) is 13.8. The van der Waals surface area contributed by atoms with E-state index >= 15 is 0 Å². The smallest absolute Gasteiger partial charge is 0.0991 e. The van der Waals surface area contributed by atoms with Crippen LogP contribution in [-0.4, -0.2) is 31.1 Å². The predicted octanol–water partition coefficient (Wildman–Crippen LogP) is 4.36. The van der Waals surface area contributed by atoms with Gasteiger partial charge in [0.2, 0.25) is 0 Å². The maximum absolute atomic E-state index is 8.76. The Morgan fingerprint density at radius 2 is 1.61 bits per heavy atom. The van der Waals surface area contributed by atoms with Crippen LogP contribution >= 0.6 is 12.4 Å². The van der Waals surface area contributed by atoms with Gasteiger partial charge in [-0.05, 0) is 69.6 Å². The molecule has 3 nitrogen and oxygen atoms in total. The third kappa shape index (κ3) is 10.3. The molecule has 0 aliphatic heterocycles. The number of benzene rings is 1. The van der Waals surface area contributed by atoms with Gasteiger partial charge in [-0.25, -0.2) is 0 Å². The van der Waals surface area contributed by atoms with Gasteiger partial charge in [-0.3, -0.25) is 0 Å². The van der Waals surface area contributed by atoms with E-state index in [0.29, 0.717) is 0 Å². The first-order valence-electron chi connectivity index (χ1n) is 8.72. The molecular formula is C19H32ClN3. The number of unbranched alkanes of at least 4 members (excludes halogenated alkanes) is 2. The minimum Gasteiger partial charge on any atom is -0.313 e. The highest BCUT2D eigenvalue weighted by Crippen LogP contribution is 2.04. The van der Waals surface area contributed by atoms with Crippen molar-refractivity contribution in [2.75, 3.05) is 26.2 Å². The molecule has 0 aliphatic carbocycles. The molecule has 0 radical (unpaired) electrons. The lowest BCUT2D eigenvalue weighted by molar-refractivity contribution is 0.268. The number of rotatable bonds is 12. The lowest BCUT2D eigenvalue weighted by Crippen LogP contribution is -2.26. The molecule has 1 aromatic rings. The van der Waals surface area contributed by atoms with Crippen LogP contribution in [0, 0.1) is 11.3 Å². The molecule has 0 heterocycles. The zero-order valence-corrected chi connectivity index (χ0v) is 15.5. The standard InChI is InChI=1S/C19H31N3.ClH/c1-3-13-22(14-4-2)15-7-5-6-12-21-17-19-10-8-18(16-20)9-11-19;/h8-11,21H,3-7,12-15,17H2,1-2H3;1H. The number of hydrogen-bond donors (Lipinski definition) is 1. The molecule has 0 atom stereocenters. The molecule has 0 amide bonds. The van der Waals surface area contributed by atoms with Crippen molar-refractivity contribution in [2.45, 2.75) is 52.5 Å². The quantitative estimate of drug-likeness (QED) is 0.576. The summed E-state index contributed by atoms with van der Waals surface area (Å²) in [6, 6.07) is 9.96. The summed E-state index contributed by atoms with van der Waals surface area (Å²) >= 11 is 0. The van der Waals surface area contributed by atoms with Crippen LogP contribution in [0.25, 0.3) is 0 Å². The van der Waals surface area contributed by atoms with E-state index in [9.17, 15) is 0 Å². The van der Waals surface area contributed by atoms with Crippen molar-refractivity contribution >= 4 is 12.4 Å². The van der Waals surface area contributed by atoms with Crippen molar-refractivity contribution in [1.82, 2.24) is 10.2 Å². The van der Waals surface area contributed by atoms with Gasteiger partial charge in [-0.1, -0.05) is 32.4 Å². The fourth-order valence-corrected chi connectivity index (χ4v) is 2.66. The van der Waals surface area contributed by atoms with Gasteiger partial charge in [0.15, 0.2) is 0 Å². The summed E-state index contributed by atoms with van der Waals surface area (Å²) in [5.41, 5.74) is 1.98. The highest BCUT2D eigenvalue weighted by molar-refractivity contribution is 5.85. The van der Waals surface area contributed by atoms with Gasteiger partial charge in [0.1, 0.15) is 0 Å². The summed E-state index contributed by atoms with van der Waals surface area (Å²) in [7, 11) is 0. The van der Waals surface area contributed by atoms with Crippen LogP contribution in [-0.2, 0) is 6.54 Å². The highest BCUT2D eigenvalue weighted by Gasteiger charge is 2.01. The van der Waals surface area contributed by atoms with E-state index in [1.54, 1.807) is 0 Å². The normalized spacial score (nSPS) is 10.3. The van der Waals surface area contributed by atoms with Crippen LogP contribution in [0.5, 0.6) is 0 Å². The monoisotopic (exact) mass is 337 g/mol. The van der Waals surface area contributed by atoms with E-state index in [0.717, 1.165) is 18.7 Å². The Hall–Kier alpha value is -1.08. The molecule has 0 aliphatic rings. The molecule has 0 fully saturated rings. The van der Waals surface area contributed by atoms with Crippen LogP contribution in [0.1, 0.15) is 57.1 Å². The SMILES string of the molecule is CCCN(CCC)CCCCCNCc1ccc(C#N)cc1.Cl. The van der Waals surface area contributed by atoms with Crippen LogP contribution < -0.4 is 5.32 Å². The fraction of sp³-hybridized carbons (Fsp3) is 0.632. The van der Waals surface area contributed by atoms with E-state index < -0.39 is 0 Å². The van der Waals surface area contributed by atoms with Crippen molar-refractivity contribution < 1.29 is 0 Å². The number of nitriles is 1. The highest BCUT2D eigenvalue weighted by atomic mass is 35.5. The fourth-order valence-electron chi connectivity index (χ4n) is 2.66. The van der Waals surface area contributed by atoms with Crippen LogP contribution in [0.3, 0.4) is 0 Å². The molecule has 4 heteroatoms. The van der Waals surface area contributed by atoms with Crippen LogP contribution in [0.15, 0.2) is 24.3 Å². The molecule has 1 N–H and O–H groups in total. The Morgan fingerprint density at radius 3 is 2.17 bits per heavy atom. The average Bonchev–Trinajstić information content (AvgIpc) is 2.55. The zero-order chi connectivity index (χ0) is 16.0. The van der Waals surface area contributed by atoms with Gasteiger partial charge >= 0.3 is 0 Å². The van der Waals surface area contributed by atoms with E-state index in [1.165, 1.54) is 57.3 Å². The Labute approximate surface area is 148 Å². The lowest BCUT2D eigenvalue weighted by atomic mass is 10.1. The molecule has 23 heavy (non-hydrogen) atoms. The van der Waals surface area contributed by atoms with Gasteiger partial charge < -0.3 is 10.2 Å². The summed E-state index contributed by atoms with van der Waals surface area (Å²) in [6.45, 7) is 10.2. The van der Waals surface area contributed by atoms with Crippen molar-refractivity contribution in [3.63, 3.8) is 0 Å². The second-order valence-corrected chi connectivity index (χ2v) is 5.89. The number of nitrogens with one attached hydrogen (secondary N) is 1. The van der Waals surface area contributed by atoms with Gasteiger partial charge in [0.05, 0.1) is 11.6 Å². The van der Waals surface area contributed by atoms with E-state index in [2.05, 4.69) is 30.1 Å². The Bertz CT molecular complexity index is 419. The average molecular weight is 338 g/mol. The van der Waals surface area contributed by atoms with Gasteiger partial charge in [-0.2, -0.15) is 5.26 Å². The van der Waals surface area contributed by atoms with Crippen molar-refractivity contribution in [2.24, 2.45) is 0 Å². The maximum atomic E-state index is 8.76. The lowest BCUT2D eigenvalue weighted by Gasteiger charge is -2.20. The summed E-state index contributed by atoms with van der Waals surface area (Å²) in [4.78, 5) is 2.59. The van der Waals surface area contributed by atoms with Crippen LogP contribution in [0.2, 0.25) is 0 Å². The zero-order valence-electron chi connectivity index (χ0n) is 14.7. The summed E-state index contributed by atoms with van der Waals surface area (Å²) in [5, 5.41) is 12.2. The first-order chi connectivity index (χ1) is 10.8. The number of nitrogens with zero attached hydrogens (tertiary/aromatic N) is 2. The Morgan fingerprint density at radius 1 is 0.957 bits per heavy atom. The van der Waals surface area contributed by atoms with E-state index in [1.807, 2.05) is 24.3 Å². The molecule has 0 spiro atoms. The molecule has 0 saturated carbocycles. The van der Waals surface area contributed by atoms with E-state index in [4.69, 9.17) is 5.26 Å². The third-order valence-corrected chi connectivity index (χ3v) is 3.82. The molecule has 0 aromatic heterocycles. The summed E-state index contributed by atoms with van der Waals surface area (Å²) < 4.78 is 0. The molecule has 0 unspecified atom stereocenters. The maximum Gasteiger partial charge on any atom is 0.0991 e. The van der Waals surface area contributed by atoms with Crippen LogP contribution in [0.4, 0.5) is 0 Å². The minimum absolute atomic E-state index is 0. The van der Waals surface area contributed by atoms with Crippen molar-refractivity contribution in [3.8, 4) is 6.07 Å². The summed E-state index contributed by atoms with van der Waals surface area (Å²) in [6.07, 6.45) is 6.35. The minimum atomic E-state index is 0. The molecule has 1 rings (SSSR count). The summed E-state index contributed by atoms with van der Waals surface area (Å²) in [5.74, 6) is 0. The van der Waals surface area contributed by atoms with Gasteiger partial charge in [0, 0.05) is 6.54 Å². The van der Waals surface area contributed by atoms with Gasteiger partial charge in [0.25, 0.3) is 0 Å². The third-order valence-electron chi connectivity index (χ3n) is 3.82. The second kappa shape index (κ2) is 14.5. The second-order valence-electron chi connectivity index (χ2n) is 5.89. The van der Waals surface area contributed by atoms with E-state index in [-0.39, 0.29) is 12.4 Å². The number of hydrogen-bond acceptors (Lipinski definition) is 3. The van der Waals surface area contributed by atoms with Crippen molar-refractivity contribution in [3.05, 3.63) is 35.4 Å². The molecule has 0 bridgehead atoms. The number of halogens is 1. The molecule has 0 saturated heterocycles. The molecular weight excluding hydrogens is 306 g/mol. The first kappa shape index (κ1) is 21.9. The van der Waals surface area contributed by atoms with Crippen molar-refractivity contribution in [1.29, 1.82) is 5.26 Å². The Balaban J connectivity index is 0.00000484. The molecule has 1 aromatic carbocycles. The largest absolute Gasteiger partial charge is 0.313 e. The molecule has 130 valence electrons.